The summed E-state index contributed by atoms with van der Waals surface area (Å²) in [4.78, 5) is 52.0. The lowest BCUT2D eigenvalue weighted by Gasteiger charge is -2.30. The molecule has 0 radical (unpaired) electrons. The van der Waals surface area contributed by atoms with Gasteiger partial charge in [-0.15, -0.1) is 0 Å². The van der Waals surface area contributed by atoms with Gasteiger partial charge in [0.25, 0.3) is 16.8 Å². The van der Waals surface area contributed by atoms with Crippen LogP contribution >= 0.6 is 11.8 Å². The molecule has 0 saturated carbocycles. The molecule has 3 amide bonds. The fourth-order valence-electron chi connectivity index (χ4n) is 4.32. The lowest BCUT2D eigenvalue weighted by molar-refractivity contribution is -0.384. The second-order valence-electron chi connectivity index (χ2n) is 9.21. The third kappa shape index (κ3) is 6.91. The molecular weight excluding hydrogens is 548 g/mol. The average molecular weight is 575 g/mol. The van der Waals surface area contributed by atoms with E-state index in [9.17, 15) is 24.5 Å². The molecule has 2 heterocycles. The van der Waals surface area contributed by atoms with Crippen molar-refractivity contribution in [2.75, 3.05) is 43.1 Å². The standard InChI is InChI=1S/C29H26N4O7S/c34-27(30-24-3-1-2-4-25(24)31-13-15-39-16-14-31)18-32-28(35)26(41-29(32)36)17-20-7-11-23(12-8-20)40-19-21-5-9-22(10-6-21)33(37)38/h1-12,17H,13-16,18-19H2,(H,30,34)/b26-17+. The van der Waals surface area contributed by atoms with Crippen LogP contribution < -0.4 is 15.0 Å². The Morgan fingerprint density at radius 3 is 2.44 bits per heavy atom. The van der Waals surface area contributed by atoms with Crippen molar-refractivity contribution in [2.24, 2.45) is 0 Å². The predicted octanol–water partition coefficient (Wildman–Crippen LogP) is 4.69. The highest BCUT2D eigenvalue weighted by Crippen LogP contribution is 2.33. The minimum atomic E-state index is -0.532. The number of ether oxygens (including phenoxy) is 2. The van der Waals surface area contributed by atoms with Crippen LogP contribution in [0.15, 0.2) is 77.7 Å². The van der Waals surface area contributed by atoms with Crippen molar-refractivity contribution in [3.8, 4) is 5.75 Å². The van der Waals surface area contributed by atoms with E-state index in [0.717, 1.165) is 27.9 Å². The largest absolute Gasteiger partial charge is 0.489 e. The van der Waals surface area contributed by atoms with Gasteiger partial charge in [0, 0.05) is 25.2 Å². The van der Waals surface area contributed by atoms with Gasteiger partial charge >= 0.3 is 0 Å². The number of morpholine rings is 1. The maximum Gasteiger partial charge on any atom is 0.294 e. The van der Waals surface area contributed by atoms with Gasteiger partial charge in [0.2, 0.25) is 5.91 Å². The number of para-hydroxylation sites is 2. The second-order valence-corrected chi connectivity index (χ2v) is 10.2. The van der Waals surface area contributed by atoms with Gasteiger partial charge < -0.3 is 19.7 Å². The van der Waals surface area contributed by atoms with Crippen molar-refractivity contribution in [3.05, 3.63) is 98.9 Å². The topological polar surface area (TPSA) is 131 Å². The number of non-ortho nitro benzene ring substituents is 1. The highest BCUT2D eigenvalue weighted by atomic mass is 32.2. The molecule has 2 saturated heterocycles. The zero-order valence-corrected chi connectivity index (χ0v) is 22.7. The summed E-state index contributed by atoms with van der Waals surface area (Å²) in [6, 6.07) is 20.4. The summed E-state index contributed by atoms with van der Waals surface area (Å²) in [5, 5.41) is 13.1. The number of thioether (sulfide) groups is 1. The Labute approximate surface area is 239 Å². The fourth-order valence-corrected chi connectivity index (χ4v) is 5.16. The van der Waals surface area contributed by atoms with Gasteiger partial charge in [0.05, 0.1) is 34.4 Å². The molecule has 2 fully saturated rings. The van der Waals surface area contributed by atoms with E-state index in [1.165, 1.54) is 12.1 Å². The van der Waals surface area contributed by atoms with Gasteiger partial charge in [0.15, 0.2) is 0 Å². The smallest absolute Gasteiger partial charge is 0.294 e. The van der Waals surface area contributed by atoms with E-state index in [1.807, 2.05) is 18.2 Å². The van der Waals surface area contributed by atoms with Crippen LogP contribution in [-0.4, -0.2) is 59.7 Å². The summed E-state index contributed by atoms with van der Waals surface area (Å²) in [7, 11) is 0. The van der Waals surface area contributed by atoms with Crippen LogP contribution in [0.25, 0.3) is 6.08 Å². The number of nitrogens with one attached hydrogen (secondary N) is 1. The lowest BCUT2D eigenvalue weighted by atomic mass is 10.2. The van der Waals surface area contributed by atoms with Gasteiger partial charge in [-0.25, -0.2) is 0 Å². The SMILES string of the molecule is O=C(CN1C(=O)S/C(=C/c2ccc(OCc3ccc([N+](=O)[O-])cc3)cc2)C1=O)Nc1ccccc1N1CCOCC1. The molecule has 2 aliphatic rings. The molecule has 210 valence electrons. The molecule has 41 heavy (non-hydrogen) atoms. The molecule has 2 aliphatic heterocycles. The summed E-state index contributed by atoms with van der Waals surface area (Å²) in [6.45, 7) is 2.44. The maximum atomic E-state index is 13.0. The third-order valence-corrected chi connectivity index (χ3v) is 7.34. The van der Waals surface area contributed by atoms with Crippen LogP contribution in [0.2, 0.25) is 0 Å². The van der Waals surface area contributed by atoms with Crippen molar-refractivity contribution in [3.63, 3.8) is 0 Å². The summed E-state index contributed by atoms with van der Waals surface area (Å²) >= 11 is 0.783. The monoisotopic (exact) mass is 574 g/mol. The van der Waals surface area contributed by atoms with E-state index in [4.69, 9.17) is 9.47 Å². The van der Waals surface area contributed by atoms with E-state index in [2.05, 4.69) is 10.2 Å². The number of rotatable bonds is 9. The Morgan fingerprint density at radius 1 is 1.02 bits per heavy atom. The van der Waals surface area contributed by atoms with E-state index in [-0.39, 0.29) is 17.2 Å². The first-order valence-electron chi connectivity index (χ1n) is 12.8. The molecule has 0 atom stereocenters. The number of nitro groups is 1. The molecule has 12 heteroatoms. The Hall–Kier alpha value is -4.68. The van der Waals surface area contributed by atoms with Crippen LogP contribution in [0.3, 0.4) is 0 Å². The molecule has 1 N–H and O–H groups in total. The summed E-state index contributed by atoms with van der Waals surface area (Å²) in [6.07, 6.45) is 1.59. The number of anilines is 2. The third-order valence-electron chi connectivity index (χ3n) is 6.44. The average Bonchev–Trinajstić information content (AvgIpc) is 3.24. The number of hydrogen-bond donors (Lipinski definition) is 1. The first-order chi connectivity index (χ1) is 19.9. The van der Waals surface area contributed by atoms with Gasteiger partial charge in [-0.3, -0.25) is 29.4 Å². The number of carbonyl (C=O) groups excluding carboxylic acids is 3. The molecular formula is C29H26N4O7S. The number of nitro benzene ring substituents is 1. The normalized spacial score (nSPS) is 16.2. The Bertz CT molecular complexity index is 1490. The van der Waals surface area contributed by atoms with Crippen molar-refractivity contribution in [1.82, 2.24) is 4.90 Å². The van der Waals surface area contributed by atoms with Gasteiger partial charge in [0.1, 0.15) is 18.9 Å². The molecule has 0 aromatic heterocycles. The highest BCUT2D eigenvalue weighted by Gasteiger charge is 2.36. The van der Waals surface area contributed by atoms with E-state index in [1.54, 1.807) is 48.5 Å². The van der Waals surface area contributed by atoms with Crippen molar-refractivity contribution >= 4 is 52.0 Å². The first-order valence-corrected chi connectivity index (χ1v) is 13.6. The van der Waals surface area contributed by atoms with E-state index < -0.39 is 28.5 Å². The molecule has 11 nitrogen and oxygen atoms in total. The molecule has 0 spiro atoms. The number of benzene rings is 3. The van der Waals surface area contributed by atoms with Crippen LogP contribution in [0.4, 0.5) is 21.9 Å². The van der Waals surface area contributed by atoms with Gasteiger partial charge in [-0.1, -0.05) is 24.3 Å². The van der Waals surface area contributed by atoms with Crippen molar-refractivity contribution in [1.29, 1.82) is 0 Å². The molecule has 0 aliphatic carbocycles. The molecule has 3 aromatic carbocycles. The minimum Gasteiger partial charge on any atom is -0.489 e. The van der Waals surface area contributed by atoms with Crippen LogP contribution in [-0.2, 0) is 20.9 Å². The Morgan fingerprint density at radius 2 is 1.73 bits per heavy atom. The van der Waals surface area contributed by atoms with E-state index in [0.29, 0.717) is 43.3 Å². The van der Waals surface area contributed by atoms with Crippen molar-refractivity contribution < 1.29 is 28.8 Å². The number of imide groups is 1. The van der Waals surface area contributed by atoms with Crippen LogP contribution in [0.5, 0.6) is 5.75 Å². The van der Waals surface area contributed by atoms with Crippen LogP contribution in [0, 0.1) is 10.1 Å². The van der Waals surface area contributed by atoms with Crippen LogP contribution in [0.1, 0.15) is 11.1 Å². The number of nitrogens with zero attached hydrogens (tertiary/aromatic N) is 3. The van der Waals surface area contributed by atoms with Crippen molar-refractivity contribution in [2.45, 2.75) is 6.61 Å². The second kappa shape index (κ2) is 12.7. The number of carbonyl (C=O) groups is 3. The molecule has 0 bridgehead atoms. The van der Waals surface area contributed by atoms with E-state index >= 15 is 0 Å². The summed E-state index contributed by atoms with van der Waals surface area (Å²) in [5.41, 5.74) is 2.94. The number of hydrogen-bond acceptors (Lipinski definition) is 9. The Balaban J connectivity index is 1.17. The Kier molecular flexibility index (Phi) is 8.61. The highest BCUT2D eigenvalue weighted by molar-refractivity contribution is 8.18. The minimum absolute atomic E-state index is 0.0113. The zero-order valence-electron chi connectivity index (χ0n) is 21.9. The molecule has 5 rings (SSSR count). The first kappa shape index (κ1) is 27.9. The molecule has 0 unspecified atom stereocenters. The van der Waals surface area contributed by atoms with Gasteiger partial charge in [-0.05, 0) is 65.4 Å². The quantitative estimate of drug-likeness (QED) is 0.220. The summed E-state index contributed by atoms with van der Waals surface area (Å²) < 4.78 is 11.1. The summed E-state index contributed by atoms with van der Waals surface area (Å²) in [5.74, 6) is -0.429. The van der Waals surface area contributed by atoms with Gasteiger partial charge in [-0.2, -0.15) is 0 Å². The lowest BCUT2D eigenvalue weighted by Crippen LogP contribution is -2.38. The fraction of sp³-hybridized carbons (Fsp3) is 0.207. The zero-order chi connectivity index (χ0) is 28.8. The number of amides is 3. The maximum absolute atomic E-state index is 13.0. The molecule has 3 aromatic rings. The predicted molar refractivity (Wildman–Crippen MR) is 155 cm³/mol.